The minimum atomic E-state index is -1.12. The van der Waals surface area contributed by atoms with Gasteiger partial charge < -0.3 is 14.2 Å². The van der Waals surface area contributed by atoms with Crippen molar-refractivity contribution in [1.82, 2.24) is 0 Å². The third-order valence-corrected chi connectivity index (χ3v) is 3.88. The van der Waals surface area contributed by atoms with Crippen LogP contribution in [-0.4, -0.2) is 26.1 Å². The second-order valence-corrected chi connectivity index (χ2v) is 5.60. The van der Waals surface area contributed by atoms with Gasteiger partial charge in [0.1, 0.15) is 0 Å². The number of esters is 1. The van der Waals surface area contributed by atoms with Crippen LogP contribution >= 0.6 is 11.6 Å². The molecule has 0 aromatic heterocycles. The van der Waals surface area contributed by atoms with E-state index in [1.165, 1.54) is 20.3 Å². The number of nitrogens with zero attached hydrogens (tertiary/aromatic N) is 1. The molecule has 1 aliphatic rings. The van der Waals surface area contributed by atoms with E-state index in [0.29, 0.717) is 17.1 Å². The molecule has 0 saturated carbocycles. The lowest BCUT2D eigenvalue weighted by molar-refractivity contribution is -0.129. The van der Waals surface area contributed by atoms with Gasteiger partial charge in [-0.1, -0.05) is 17.7 Å². The lowest BCUT2D eigenvalue weighted by Crippen LogP contribution is -2.07. The van der Waals surface area contributed by atoms with Gasteiger partial charge in [0.15, 0.2) is 28.8 Å². The molecule has 0 unspecified atom stereocenters. The minimum absolute atomic E-state index is 0.0189. The average Bonchev–Trinajstić information content (AvgIpc) is 2.98. The van der Waals surface area contributed by atoms with Gasteiger partial charge in [-0.2, -0.15) is 0 Å². The molecule has 5 nitrogen and oxygen atoms in total. The number of rotatable bonds is 4. The molecule has 1 aliphatic heterocycles. The van der Waals surface area contributed by atoms with Crippen molar-refractivity contribution in [2.45, 2.75) is 0 Å². The predicted molar refractivity (Wildman–Crippen MR) is 91.5 cm³/mol. The zero-order valence-electron chi connectivity index (χ0n) is 13.7. The van der Waals surface area contributed by atoms with E-state index in [-0.39, 0.29) is 22.2 Å². The van der Waals surface area contributed by atoms with Crippen LogP contribution in [0.5, 0.6) is 11.5 Å². The van der Waals surface area contributed by atoms with Crippen molar-refractivity contribution in [1.29, 1.82) is 0 Å². The normalized spacial score (nSPS) is 15.0. The molecule has 0 aliphatic carbocycles. The molecule has 0 atom stereocenters. The van der Waals surface area contributed by atoms with Crippen molar-refractivity contribution in [3.05, 3.63) is 63.8 Å². The summed E-state index contributed by atoms with van der Waals surface area (Å²) in [7, 11) is 2.99. The Morgan fingerprint density at radius 3 is 2.46 bits per heavy atom. The smallest absolute Gasteiger partial charge is 0.363 e. The van der Waals surface area contributed by atoms with Crippen LogP contribution in [0, 0.1) is 11.6 Å². The van der Waals surface area contributed by atoms with E-state index in [0.717, 1.165) is 12.1 Å². The van der Waals surface area contributed by atoms with Crippen LogP contribution in [0.15, 0.2) is 41.0 Å². The fourth-order valence-corrected chi connectivity index (χ4v) is 2.54. The number of carbonyl (C=O) groups is 1. The zero-order valence-corrected chi connectivity index (χ0v) is 14.4. The maximum Gasteiger partial charge on any atom is 0.363 e. The van der Waals surface area contributed by atoms with Gasteiger partial charge in [-0.25, -0.2) is 18.6 Å². The van der Waals surface area contributed by atoms with Gasteiger partial charge >= 0.3 is 5.97 Å². The van der Waals surface area contributed by atoms with Crippen LogP contribution in [0.25, 0.3) is 6.08 Å². The summed E-state index contributed by atoms with van der Waals surface area (Å²) in [6.45, 7) is 0. The summed E-state index contributed by atoms with van der Waals surface area (Å²) < 4.78 is 42.0. The highest BCUT2D eigenvalue weighted by atomic mass is 35.5. The number of aliphatic imine (C=N–C) groups is 1. The molecule has 3 rings (SSSR count). The summed E-state index contributed by atoms with van der Waals surface area (Å²) in [5, 5.41) is -0.122. The molecule has 0 fully saturated rings. The Kier molecular flexibility index (Phi) is 4.90. The number of methoxy groups -OCH3 is 2. The van der Waals surface area contributed by atoms with Crippen LogP contribution in [0.1, 0.15) is 11.1 Å². The number of ether oxygens (including phenoxy) is 3. The first-order valence-corrected chi connectivity index (χ1v) is 7.70. The van der Waals surface area contributed by atoms with Crippen LogP contribution in [-0.2, 0) is 9.53 Å². The lowest BCUT2D eigenvalue weighted by atomic mass is 10.1. The third kappa shape index (κ3) is 3.39. The Morgan fingerprint density at radius 2 is 1.77 bits per heavy atom. The molecule has 0 radical (unpaired) electrons. The number of cyclic esters (lactones) is 1. The molecule has 0 amide bonds. The molecule has 8 heteroatoms. The molecule has 2 aromatic rings. The van der Waals surface area contributed by atoms with E-state index >= 15 is 0 Å². The maximum absolute atomic E-state index is 13.4. The first kappa shape index (κ1) is 17.9. The molecule has 1 heterocycles. The summed E-state index contributed by atoms with van der Waals surface area (Å²) in [5.74, 6) is -2.17. The number of hydrogen-bond acceptors (Lipinski definition) is 5. The first-order chi connectivity index (χ1) is 12.4. The van der Waals surface area contributed by atoms with E-state index < -0.39 is 17.6 Å². The van der Waals surface area contributed by atoms with E-state index in [2.05, 4.69) is 4.99 Å². The second-order valence-electron chi connectivity index (χ2n) is 5.20. The van der Waals surface area contributed by atoms with Crippen molar-refractivity contribution in [3.8, 4) is 11.5 Å². The third-order valence-electron chi connectivity index (χ3n) is 3.57. The fraction of sp³-hybridized carbons (Fsp3) is 0.111. The van der Waals surface area contributed by atoms with Crippen LogP contribution in [0.4, 0.5) is 8.78 Å². The van der Waals surface area contributed by atoms with E-state index in [9.17, 15) is 13.6 Å². The Morgan fingerprint density at radius 1 is 1.08 bits per heavy atom. The summed E-state index contributed by atoms with van der Waals surface area (Å²) in [5.41, 5.74) is 0.568. The quantitative estimate of drug-likeness (QED) is 0.458. The van der Waals surface area contributed by atoms with Crippen molar-refractivity contribution in [3.63, 3.8) is 0 Å². The van der Waals surface area contributed by atoms with Gasteiger partial charge in [0.25, 0.3) is 0 Å². The van der Waals surface area contributed by atoms with Crippen LogP contribution in [0.2, 0.25) is 5.02 Å². The largest absolute Gasteiger partial charge is 0.493 e. The van der Waals surface area contributed by atoms with Crippen LogP contribution in [0.3, 0.4) is 0 Å². The first-order valence-electron chi connectivity index (χ1n) is 7.32. The van der Waals surface area contributed by atoms with Crippen molar-refractivity contribution >= 4 is 29.5 Å². The van der Waals surface area contributed by atoms with Crippen molar-refractivity contribution in [2.75, 3.05) is 14.2 Å². The molecule has 26 heavy (non-hydrogen) atoms. The lowest BCUT2D eigenvalue weighted by Gasteiger charge is -2.07. The fourth-order valence-electron chi connectivity index (χ4n) is 2.31. The van der Waals surface area contributed by atoms with Crippen molar-refractivity contribution < 1.29 is 27.8 Å². The van der Waals surface area contributed by atoms with E-state index in [4.69, 9.17) is 25.8 Å². The zero-order chi connectivity index (χ0) is 18.8. The number of benzene rings is 2. The van der Waals surface area contributed by atoms with Gasteiger partial charge in [-0.05, 0) is 35.9 Å². The number of halogens is 3. The highest BCUT2D eigenvalue weighted by Crippen LogP contribution is 2.30. The predicted octanol–water partition coefficient (Wildman–Crippen LogP) is 3.98. The SMILES string of the molecule is COc1ccc(C=C2N=C(c3cc(F)c(F)cc3Cl)OC2=O)cc1OC. The summed E-state index contributed by atoms with van der Waals surface area (Å²) in [6.07, 6.45) is 1.46. The second kappa shape index (κ2) is 7.13. The highest BCUT2D eigenvalue weighted by molar-refractivity contribution is 6.34. The van der Waals surface area contributed by atoms with E-state index in [1.807, 2.05) is 0 Å². The molecular weight excluding hydrogens is 368 g/mol. The van der Waals surface area contributed by atoms with Crippen molar-refractivity contribution in [2.24, 2.45) is 4.99 Å². The average molecular weight is 380 g/mol. The number of hydrogen-bond donors (Lipinski definition) is 0. The topological polar surface area (TPSA) is 57.1 Å². The highest BCUT2D eigenvalue weighted by Gasteiger charge is 2.26. The Hall–Kier alpha value is -2.93. The summed E-state index contributed by atoms with van der Waals surface area (Å²) >= 11 is 5.88. The van der Waals surface area contributed by atoms with Gasteiger partial charge in [0.05, 0.1) is 24.8 Å². The minimum Gasteiger partial charge on any atom is -0.493 e. The molecule has 2 aromatic carbocycles. The monoisotopic (exact) mass is 379 g/mol. The summed E-state index contributed by atoms with van der Waals surface area (Å²) in [6, 6.07) is 6.63. The van der Waals surface area contributed by atoms with Gasteiger partial charge in [0, 0.05) is 0 Å². The Bertz CT molecular complexity index is 956. The number of carbonyl (C=O) groups excluding carboxylic acids is 1. The Balaban J connectivity index is 1.98. The van der Waals surface area contributed by atoms with Gasteiger partial charge in [0.2, 0.25) is 5.90 Å². The molecule has 0 N–H and O–H groups in total. The van der Waals surface area contributed by atoms with Gasteiger partial charge in [-0.15, -0.1) is 0 Å². The Labute approximate surface area is 152 Å². The van der Waals surface area contributed by atoms with E-state index in [1.54, 1.807) is 18.2 Å². The summed E-state index contributed by atoms with van der Waals surface area (Å²) in [4.78, 5) is 16.1. The molecule has 0 spiro atoms. The van der Waals surface area contributed by atoms with Crippen LogP contribution < -0.4 is 9.47 Å². The molecule has 0 saturated heterocycles. The standard InChI is InChI=1S/C18H12ClF2NO4/c1-24-15-4-3-9(6-16(15)25-2)5-14-18(23)26-17(22-14)10-7-12(20)13(21)8-11(10)19/h3-8H,1-2H3. The van der Waals surface area contributed by atoms with Gasteiger partial charge in [-0.3, -0.25) is 0 Å². The molecular formula is C18H12ClF2NO4. The molecule has 0 bridgehead atoms. The molecule has 134 valence electrons. The maximum atomic E-state index is 13.4.